The molecule has 2 N–H and O–H groups in total. The molecule has 168 valence electrons. The normalized spacial score (nSPS) is 14.1. The molecule has 0 bridgehead atoms. The van der Waals surface area contributed by atoms with Crippen LogP contribution in [0.5, 0.6) is 17.2 Å². The number of hydrogen-bond donors (Lipinski definition) is 2. The van der Waals surface area contributed by atoms with Crippen LogP contribution in [-0.2, 0) is 0 Å². The average molecular weight is 437 g/mol. The fourth-order valence-corrected chi connectivity index (χ4v) is 4.15. The molecule has 32 heavy (non-hydrogen) atoms. The van der Waals surface area contributed by atoms with Crippen molar-refractivity contribution in [3.8, 4) is 22.9 Å². The highest BCUT2D eigenvalue weighted by molar-refractivity contribution is 6.05. The van der Waals surface area contributed by atoms with Gasteiger partial charge in [-0.3, -0.25) is 4.79 Å². The highest BCUT2D eigenvalue weighted by Crippen LogP contribution is 2.40. The maximum absolute atomic E-state index is 13.4. The maximum Gasteiger partial charge on any atom is 0.259 e. The monoisotopic (exact) mass is 436 g/mol. The SMILES string of the molecule is COc1cc(NC(=O)c2cnn(-c3ccccc3)c2C2CCNCC2)cc(OC)c1OC. The zero-order valence-corrected chi connectivity index (χ0v) is 18.6. The number of aromatic nitrogens is 2. The predicted octanol–water partition coefficient (Wildman–Crippen LogP) is 3.62. The predicted molar refractivity (Wildman–Crippen MR) is 122 cm³/mol. The molecule has 0 spiro atoms. The van der Waals surface area contributed by atoms with Crippen LogP contribution >= 0.6 is 0 Å². The summed E-state index contributed by atoms with van der Waals surface area (Å²) in [6.45, 7) is 1.83. The number of amides is 1. The van der Waals surface area contributed by atoms with Gasteiger partial charge in [0, 0.05) is 23.7 Å². The summed E-state index contributed by atoms with van der Waals surface area (Å²) in [6.07, 6.45) is 3.55. The van der Waals surface area contributed by atoms with Gasteiger partial charge in [-0.15, -0.1) is 0 Å². The third-order valence-electron chi connectivity index (χ3n) is 5.70. The van der Waals surface area contributed by atoms with Crippen LogP contribution in [0.25, 0.3) is 5.69 Å². The van der Waals surface area contributed by atoms with Crippen molar-refractivity contribution >= 4 is 11.6 Å². The van der Waals surface area contributed by atoms with Gasteiger partial charge in [0.1, 0.15) is 0 Å². The molecule has 0 radical (unpaired) electrons. The Kier molecular flexibility index (Phi) is 6.61. The van der Waals surface area contributed by atoms with Crippen LogP contribution in [-0.4, -0.2) is 50.1 Å². The Morgan fingerprint density at radius 3 is 2.28 bits per heavy atom. The first-order valence-electron chi connectivity index (χ1n) is 10.6. The first-order valence-corrected chi connectivity index (χ1v) is 10.6. The van der Waals surface area contributed by atoms with Crippen LogP contribution in [0, 0.1) is 0 Å². The number of piperidine rings is 1. The van der Waals surface area contributed by atoms with Gasteiger partial charge >= 0.3 is 0 Å². The zero-order valence-electron chi connectivity index (χ0n) is 18.6. The summed E-state index contributed by atoms with van der Waals surface area (Å²) in [6, 6.07) is 13.3. The molecule has 1 fully saturated rings. The lowest BCUT2D eigenvalue weighted by atomic mass is 9.91. The molecule has 0 atom stereocenters. The Morgan fingerprint density at radius 2 is 1.69 bits per heavy atom. The van der Waals surface area contributed by atoms with Crippen molar-refractivity contribution < 1.29 is 19.0 Å². The molecule has 0 saturated carbocycles. The van der Waals surface area contributed by atoms with Crippen molar-refractivity contribution in [3.63, 3.8) is 0 Å². The lowest BCUT2D eigenvalue weighted by molar-refractivity contribution is 0.102. The Labute approximate surface area is 187 Å². The van der Waals surface area contributed by atoms with Crippen LogP contribution in [0.1, 0.15) is 34.8 Å². The molecule has 4 rings (SSSR count). The number of nitrogens with zero attached hydrogens (tertiary/aromatic N) is 2. The summed E-state index contributed by atoms with van der Waals surface area (Å²) in [7, 11) is 4.63. The summed E-state index contributed by atoms with van der Waals surface area (Å²) in [5, 5.41) is 11.0. The minimum absolute atomic E-state index is 0.227. The van der Waals surface area contributed by atoms with Gasteiger partial charge in [-0.1, -0.05) is 18.2 Å². The van der Waals surface area contributed by atoms with Crippen LogP contribution < -0.4 is 24.8 Å². The van der Waals surface area contributed by atoms with Crippen LogP contribution in [0.3, 0.4) is 0 Å². The fraction of sp³-hybridized carbons (Fsp3) is 0.333. The molecule has 1 amide bonds. The smallest absolute Gasteiger partial charge is 0.259 e. The fourth-order valence-electron chi connectivity index (χ4n) is 4.15. The first kappa shape index (κ1) is 21.7. The molecule has 8 heteroatoms. The zero-order chi connectivity index (χ0) is 22.5. The van der Waals surface area contributed by atoms with Gasteiger partial charge in [-0.2, -0.15) is 5.10 Å². The second-order valence-electron chi connectivity index (χ2n) is 7.58. The van der Waals surface area contributed by atoms with E-state index in [1.165, 1.54) is 0 Å². The largest absolute Gasteiger partial charge is 0.493 e. The molecule has 3 aromatic rings. The Hall–Kier alpha value is -3.52. The number of anilines is 1. The number of methoxy groups -OCH3 is 3. The molecular formula is C24H28N4O4. The summed E-state index contributed by atoms with van der Waals surface area (Å²) in [5.74, 6) is 1.43. The topological polar surface area (TPSA) is 86.6 Å². The van der Waals surface area contributed by atoms with E-state index in [2.05, 4.69) is 15.7 Å². The van der Waals surface area contributed by atoms with Gasteiger partial charge in [-0.05, 0) is 38.1 Å². The highest BCUT2D eigenvalue weighted by Gasteiger charge is 2.27. The number of rotatable bonds is 7. The first-order chi connectivity index (χ1) is 15.7. The lowest BCUT2D eigenvalue weighted by Gasteiger charge is -2.24. The molecule has 1 saturated heterocycles. The third-order valence-corrected chi connectivity index (χ3v) is 5.70. The van der Waals surface area contributed by atoms with Crippen LogP contribution in [0.15, 0.2) is 48.7 Å². The Morgan fingerprint density at radius 1 is 1.03 bits per heavy atom. The molecule has 1 aliphatic heterocycles. The van der Waals surface area contributed by atoms with Gasteiger partial charge in [-0.25, -0.2) is 4.68 Å². The summed E-state index contributed by atoms with van der Waals surface area (Å²) < 4.78 is 18.1. The van der Waals surface area contributed by atoms with E-state index in [9.17, 15) is 4.79 Å². The van der Waals surface area contributed by atoms with Gasteiger partial charge in [0.2, 0.25) is 5.75 Å². The molecule has 1 aromatic heterocycles. The van der Waals surface area contributed by atoms with Crippen molar-refractivity contribution in [3.05, 3.63) is 59.9 Å². The third kappa shape index (κ3) is 4.27. The van der Waals surface area contributed by atoms with Gasteiger partial charge in [0.05, 0.1) is 44.5 Å². The van der Waals surface area contributed by atoms with E-state index in [1.54, 1.807) is 39.7 Å². The number of ether oxygens (including phenoxy) is 3. The molecule has 8 nitrogen and oxygen atoms in total. The minimum Gasteiger partial charge on any atom is -0.493 e. The van der Waals surface area contributed by atoms with E-state index in [1.807, 2.05) is 35.0 Å². The number of para-hydroxylation sites is 1. The van der Waals surface area contributed by atoms with E-state index >= 15 is 0 Å². The molecule has 1 aliphatic rings. The van der Waals surface area contributed by atoms with Crippen molar-refractivity contribution in [2.45, 2.75) is 18.8 Å². The molecule has 2 heterocycles. The van der Waals surface area contributed by atoms with E-state index in [0.29, 0.717) is 28.5 Å². The van der Waals surface area contributed by atoms with E-state index in [-0.39, 0.29) is 11.8 Å². The van der Waals surface area contributed by atoms with Crippen molar-refractivity contribution in [1.29, 1.82) is 0 Å². The second kappa shape index (κ2) is 9.74. The van der Waals surface area contributed by atoms with Crippen LogP contribution in [0.4, 0.5) is 5.69 Å². The van der Waals surface area contributed by atoms with Crippen LogP contribution in [0.2, 0.25) is 0 Å². The standard InChI is InChI=1S/C24H28N4O4/c1-30-20-13-17(14-21(31-2)23(20)32-3)27-24(29)19-15-26-28(18-7-5-4-6-8-18)22(19)16-9-11-25-12-10-16/h4-8,13-16,25H,9-12H2,1-3H3,(H,27,29). The van der Waals surface area contributed by atoms with Gasteiger partial charge in [0.15, 0.2) is 11.5 Å². The Bertz CT molecular complexity index is 1050. The van der Waals surface area contributed by atoms with E-state index < -0.39 is 0 Å². The number of hydrogen-bond acceptors (Lipinski definition) is 6. The molecule has 0 unspecified atom stereocenters. The van der Waals surface area contributed by atoms with Gasteiger partial charge < -0.3 is 24.8 Å². The number of benzene rings is 2. The second-order valence-corrected chi connectivity index (χ2v) is 7.58. The maximum atomic E-state index is 13.4. The number of carbonyl (C=O) groups is 1. The lowest BCUT2D eigenvalue weighted by Crippen LogP contribution is -2.29. The molecule has 0 aliphatic carbocycles. The summed E-state index contributed by atoms with van der Waals surface area (Å²) >= 11 is 0. The van der Waals surface area contributed by atoms with E-state index in [4.69, 9.17) is 14.2 Å². The van der Waals surface area contributed by atoms with Crippen molar-refractivity contribution in [2.75, 3.05) is 39.7 Å². The minimum atomic E-state index is -0.227. The summed E-state index contributed by atoms with van der Waals surface area (Å²) in [4.78, 5) is 13.4. The van der Waals surface area contributed by atoms with Crippen molar-refractivity contribution in [1.82, 2.24) is 15.1 Å². The summed E-state index contributed by atoms with van der Waals surface area (Å²) in [5.41, 5.74) is 2.98. The van der Waals surface area contributed by atoms with E-state index in [0.717, 1.165) is 37.3 Å². The molecular weight excluding hydrogens is 408 g/mol. The van der Waals surface area contributed by atoms with Crippen molar-refractivity contribution in [2.24, 2.45) is 0 Å². The number of nitrogens with one attached hydrogen (secondary N) is 2. The average Bonchev–Trinajstić information content (AvgIpc) is 3.30. The highest BCUT2D eigenvalue weighted by atomic mass is 16.5. The van der Waals surface area contributed by atoms with Gasteiger partial charge in [0.25, 0.3) is 5.91 Å². The Balaban J connectivity index is 1.70. The quantitative estimate of drug-likeness (QED) is 0.588. The number of carbonyl (C=O) groups excluding carboxylic acids is 1. The molecule has 2 aromatic carbocycles.